The van der Waals surface area contributed by atoms with Gasteiger partial charge in [0.25, 0.3) is 0 Å². The molecule has 0 aliphatic carbocycles. The van der Waals surface area contributed by atoms with Crippen molar-refractivity contribution in [1.29, 1.82) is 0 Å². The molecule has 0 aromatic heterocycles. The van der Waals surface area contributed by atoms with Crippen molar-refractivity contribution >= 4 is 30.1 Å². The second-order valence-electron chi connectivity index (χ2n) is 4.20. The highest BCUT2D eigenvalue weighted by molar-refractivity contribution is 8.00. The highest BCUT2D eigenvalue weighted by Gasteiger charge is 2.14. The topological polar surface area (TPSA) is 41.1 Å². The summed E-state index contributed by atoms with van der Waals surface area (Å²) in [4.78, 5) is 12.8. The Hall–Kier alpha value is -0.710. The first-order valence-corrected chi connectivity index (χ1v) is 7.01. The summed E-state index contributed by atoms with van der Waals surface area (Å²) in [6.45, 7) is 1.84. The van der Waals surface area contributed by atoms with Crippen LogP contribution >= 0.6 is 24.2 Å². The van der Waals surface area contributed by atoms with Crippen molar-refractivity contribution in [3.8, 4) is 0 Å². The normalized spacial score (nSPS) is 18.1. The lowest BCUT2D eigenvalue weighted by Crippen LogP contribution is -2.37. The number of hydrogen-bond donors (Lipinski definition) is 2. The van der Waals surface area contributed by atoms with Crippen molar-refractivity contribution in [1.82, 2.24) is 10.6 Å². The van der Waals surface area contributed by atoms with E-state index in [0.29, 0.717) is 11.8 Å². The van der Waals surface area contributed by atoms with Crippen molar-refractivity contribution in [3.05, 3.63) is 30.3 Å². The molecule has 1 amide bonds. The molecule has 0 radical (unpaired) electrons. The fourth-order valence-electron chi connectivity index (χ4n) is 1.88. The van der Waals surface area contributed by atoms with E-state index >= 15 is 0 Å². The van der Waals surface area contributed by atoms with Crippen LogP contribution < -0.4 is 10.6 Å². The van der Waals surface area contributed by atoms with Gasteiger partial charge in [-0.3, -0.25) is 4.79 Å². The summed E-state index contributed by atoms with van der Waals surface area (Å²) in [6.07, 6.45) is 2.39. The van der Waals surface area contributed by atoms with Crippen LogP contribution in [0.1, 0.15) is 12.8 Å². The lowest BCUT2D eigenvalue weighted by atomic mass is 10.2. The lowest BCUT2D eigenvalue weighted by Gasteiger charge is -2.11. The van der Waals surface area contributed by atoms with Gasteiger partial charge < -0.3 is 10.6 Å². The average Bonchev–Trinajstić information content (AvgIpc) is 2.88. The highest BCUT2D eigenvalue weighted by atomic mass is 35.5. The molecular formula is C13H19ClN2OS. The molecule has 2 N–H and O–H groups in total. The van der Waals surface area contributed by atoms with Gasteiger partial charge in [0.15, 0.2) is 0 Å². The number of benzene rings is 1. The quantitative estimate of drug-likeness (QED) is 0.814. The molecule has 0 spiro atoms. The van der Waals surface area contributed by atoms with Gasteiger partial charge in [0.1, 0.15) is 0 Å². The van der Waals surface area contributed by atoms with Gasteiger partial charge in [-0.25, -0.2) is 0 Å². The predicted octanol–water partition coefficient (Wildman–Crippen LogP) is 2.07. The van der Waals surface area contributed by atoms with Crippen LogP contribution in [0.3, 0.4) is 0 Å². The number of thioether (sulfide) groups is 1. The minimum atomic E-state index is 0. The van der Waals surface area contributed by atoms with Crippen LogP contribution in [0.2, 0.25) is 0 Å². The van der Waals surface area contributed by atoms with E-state index < -0.39 is 0 Å². The summed E-state index contributed by atoms with van der Waals surface area (Å²) >= 11 is 1.58. The van der Waals surface area contributed by atoms with E-state index in [1.54, 1.807) is 11.8 Å². The zero-order chi connectivity index (χ0) is 11.9. The van der Waals surface area contributed by atoms with Gasteiger partial charge in [-0.05, 0) is 31.5 Å². The number of hydrogen-bond acceptors (Lipinski definition) is 3. The van der Waals surface area contributed by atoms with Gasteiger partial charge >= 0.3 is 0 Å². The number of amides is 1. The van der Waals surface area contributed by atoms with Gasteiger partial charge in [-0.15, -0.1) is 24.2 Å². The van der Waals surface area contributed by atoms with E-state index in [9.17, 15) is 4.79 Å². The summed E-state index contributed by atoms with van der Waals surface area (Å²) in [5, 5.41) is 6.34. The Kier molecular flexibility index (Phi) is 7.16. The van der Waals surface area contributed by atoms with Crippen molar-refractivity contribution in [2.75, 3.05) is 18.8 Å². The second kappa shape index (κ2) is 8.40. The van der Waals surface area contributed by atoms with Gasteiger partial charge in [0.2, 0.25) is 5.91 Å². The minimum Gasteiger partial charge on any atom is -0.354 e. The number of nitrogens with one attached hydrogen (secondary N) is 2. The fourth-order valence-corrected chi connectivity index (χ4v) is 2.63. The van der Waals surface area contributed by atoms with E-state index in [1.807, 2.05) is 30.3 Å². The summed E-state index contributed by atoms with van der Waals surface area (Å²) in [6, 6.07) is 10.5. The van der Waals surface area contributed by atoms with Gasteiger partial charge in [-0.2, -0.15) is 0 Å². The average molecular weight is 287 g/mol. The molecule has 1 aromatic carbocycles. The van der Waals surface area contributed by atoms with Crippen molar-refractivity contribution in [2.45, 2.75) is 23.8 Å². The van der Waals surface area contributed by atoms with E-state index in [4.69, 9.17) is 0 Å². The Morgan fingerprint density at radius 2 is 2.17 bits per heavy atom. The van der Waals surface area contributed by atoms with E-state index in [-0.39, 0.29) is 18.3 Å². The molecule has 1 unspecified atom stereocenters. The number of halogens is 1. The Labute approximate surface area is 119 Å². The third-order valence-corrected chi connectivity index (χ3v) is 3.83. The Morgan fingerprint density at radius 3 is 2.83 bits per heavy atom. The molecule has 1 fully saturated rings. The van der Waals surface area contributed by atoms with Crippen molar-refractivity contribution in [2.24, 2.45) is 0 Å². The van der Waals surface area contributed by atoms with Crippen LogP contribution in [-0.2, 0) is 4.79 Å². The number of rotatable bonds is 5. The maximum atomic E-state index is 11.6. The Morgan fingerprint density at radius 1 is 1.39 bits per heavy atom. The minimum absolute atomic E-state index is 0. The Bertz CT molecular complexity index is 355. The van der Waals surface area contributed by atoms with Crippen LogP contribution in [0.15, 0.2) is 35.2 Å². The zero-order valence-electron chi connectivity index (χ0n) is 10.2. The first-order valence-electron chi connectivity index (χ1n) is 6.02. The van der Waals surface area contributed by atoms with Crippen molar-refractivity contribution in [3.63, 3.8) is 0 Å². The molecular weight excluding hydrogens is 268 g/mol. The lowest BCUT2D eigenvalue weighted by molar-refractivity contribution is -0.118. The highest BCUT2D eigenvalue weighted by Crippen LogP contribution is 2.16. The predicted molar refractivity (Wildman–Crippen MR) is 78.4 cm³/mol. The van der Waals surface area contributed by atoms with Gasteiger partial charge in [-0.1, -0.05) is 18.2 Å². The van der Waals surface area contributed by atoms with E-state index in [1.165, 1.54) is 12.8 Å². The monoisotopic (exact) mass is 286 g/mol. The summed E-state index contributed by atoms with van der Waals surface area (Å²) < 4.78 is 0. The molecule has 3 nitrogen and oxygen atoms in total. The van der Waals surface area contributed by atoms with Crippen LogP contribution in [-0.4, -0.2) is 30.8 Å². The maximum absolute atomic E-state index is 11.6. The molecule has 1 saturated heterocycles. The molecule has 0 saturated carbocycles. The molecule has 100 valence electrons. The van der Waals surface area contributed by atoms with Gasteiger partial charge in [0, 0.05) is 17.5 Å². The summed E-state index contributed by atoms with van der Waals surface area (Å²) in [5.74, 6) is 0.615. The third kappa shape index (κ3) is 5.29. The fraction of sp³-hybridized carbons (Fsp3) is 0.462. The first kappa shape index (κ1) is 15.3. The first-order chi connectivity index (χ1) is 8.34. The molecule has 2 rings (SSSR count). The SMILES string of the molecule is Cl.O=C(CSc1ccccc1)NCC1CCCN1. The smallest absolute Gasteiger partial charge is 0.230 e. The maximum Gasteiger partial charge on any atom is 0.230 e. The zero-order valence-corrected chi connectivity index (χ0v) is 11.9. The Balaban J connectivity index is 0.00000162. The summed E-state index contributed by atoms with van der Waals surface area (Å²) in [5.41, 5.74) is 0. The van der Waals surface area contributed by atoms with Crippen LogP contribution in [0.4, 0.5) is 0 Å². The van der Waals surface area contributed by atoms with Crippen LogP contribution in [0.25, 0.3) is 0 Å². The van der Waals surface area contributed by atoms with E-state index in [2.05, 4.69) is 10.6 Å². The standard InChI is InChI=1S/C13H18N2OS.ClH/c16-13(15-9-11-5-4-8-14-11)10-17-12-6-2-1-3-7-12;/h1-3,6-7,11,14H,4-5,8-10H2,(H,15,16);1H. The molecule has 0 bridgehead atoms. The molecule has 1 aliphatic heterocycles. The second-order valence-corrected chi connectivity index (χ2v) is 5.25. The van der Waals surface area contributed by atoms with Crippen molar-refractivity contribution < 1.29 is 4.79 Å². The largest absolute Gasteiger partial charge is 0.354 e. The molecule has 1 atom stereocenters. The number of carbonyl (C=O) groups is 1. The molecule has 18 heavy (non-hydrogen) atoms. The van der Waals surface area contributed by atoms with Gasteiger partial charge in [0.05, 0.1) is 5.75 Å². The number of carbonyl (C=O) groups excluding carboxylic acids is 1. The summed E-state index contributed by atoms with van der Waals surface area (Å²) in [7, 11) is 0. The molecule has 1 aromatic rings. The third-order valence-electron chi connectivity index (χ3n) is 2.82. The van der Waals surface area contributed by atoms with E-state index in [0.717, 1.165) is 18.0 Å². The van der Waals surface area contributed by atoms with Crippen LogP contribution in [0.5, 0.6) is 0 Å². The molecule has 1 heterocycles. The molecule has 1 aliphatic rings. The van der Waals surface area contributed by atoms with Crippen LogP contribution in [0, 0.1) is 0 Å². The molecule has 5 heteroatoms.